The second kappa shape index (κ2) is 6.30. The SMILES string of the molecule is CC(C)N(Cc1ccccc1F)C(=O)C(C)(C)n1cccn1. The Labute approximate surface area is 130 Å². The van der Waals surface area contributed by atoms with Gasteiger partial charge in [-0.3, -0.25) is 9.48 Å². The van der Waals surface area contributed by atoms with Gasteiger partial charge in [-0.05, 0) is 39.8 Å². The van der Waals surface area contributed by atoms with Gasteiger partial charge < -0.3 is 4.90 Å². The predicted molar refractivity (Wildman–Crippen MR) is 83.6 cm³/mol. The van der Waals surface area contributed by atoms with E-state index in [4.69, 9.17) is 0 Å². The molecule has 0 aliphatic heterocycles. The summed E-state index contributed by atoms with van der Waals surface area (Å²) in [6, 6.07) is 8.29. The molecular weight excluding hydrogens is 281 g/mol. The van der Waals surface area contributed by atoms with Gasteiger partial charge >= 0.3 is 0 Å². The zero-order valence-corrected chi connectivity index (χ0v) is 13.5. The van der Waals surface area contributed by atoms with Gasteiger partial charge in [0, 0.05) is 30.5 Å². The van der Waals surface area contributed by atoms with Gasteiger partial charge in [0.2, 0.25) is 0 Å². The lowest BCUT2D eigenvalue weighted by Crippen LogP contribution is -2.49. The minimum absolute atomic E-state index is 0.0399. The number of benzene rings is 1. The van der Waals surface area contributed by atoms with Crippen LogP contribution in [0.2, 0.25) is 0 Å². The average Bonchev–Trinajstić information content (AvgIpc) is 3.00. The Morgan fingerprint density at radius 1 is 1.32 bits per heavy atom. The average molecular weight is 303 g/mol. The van der Waals surface area contributed by atoms with Crippen LogP contribution < -0.4 is 0 Å². The monoisotopic (exact) mass is 303 g/mol. The highest BCUT2D eigenvalue weighted by Gasteiger charge is 2.35. The molecule has 0 spiro atoms. The highest BCUT2D eigenvalue weighted by molar-refractivity contribution is 5.83. The van der Waals surface area contributed by atoms with Crippen LogP contribution in [0.5, 0.6) is 0 Å². The van der Waals surface area contributed by atoms with Crippen molar-refractivity contribution in [2.24, 2.45) is 0 Å². The number of amides is 1. The van der Waals surface area contributed by atoms with Crippen LogP contribution in [0.4, 0.5) is 4.39 Å². The number of hydrogen-bond acceptors (Lipinski definition) is 2. The third-order valence-electron chi connectivity index (χ3n) is 3.78. The van der Waals surface area contributed by atoms with E-state index in [9.17, 15) is 9.18 Å². The lowest BCUT2D eigenvalue weighted by molar-refractivity contribution is -0.142. The first kappa shape index (κ1) is 16.2. The van der Waals surface area contributed by atoms with Crippen molar-refractivity contribution in [1.82, 2.24) is 14.7 Å². The van der Waals surface area contributed by atoms with Gasteiger partial charge in [0.05, 0.1) is 0 Å². The number of carbonyl (C=O) groups excluding carboxylic acids is 1. The fourth-order valence-corrected chi connectivity index (χ4v) is 2.35. The Bertz CT molecular complexity index is 635. The van der Waals surface area contributed by atoms with Crippen LogP contribution in [0.15, 0.2) is 42.7 Å². The first-order chi connectivity index (χ1) is 10.3. The molecule has 5 heteroatoms. The highest BCUT2D eigenvalue weighted by atomic mass is 19.1. The molecule has 0 fully saturated rings. The molecule has 0 aliphatic rings. The lowest BCUT2D eigenvalue weighted by atomic mass is 10.0. The molecule has 0 radical (unpaired) electrons. The fourth-order valence-electron chi connectivity index (χ4n) is 2.35. The van der Waals surface area contributed by atoms with Crippen LogP contribution in [0.25, 0.3) is 0 Å². The summed E-state index contributed by atoms with van der Waals surface area (Å²) in [6.07, 6.45) is 3.41. The van der Waals surface area contributed by atoms with Crippen LogP contribution in [0, 0.1) is 5.82 Å². The van der Waals surface area contributed by atoms with Crippen molar-refractivity contribution >= 4 is 5.91 Å². The number of hydrogen-bond donors (Lipinski definition) is 0. The number of aromatic nitrogens is 2. The minimum Gasteiger partial charge on any atom is -0.334 e. The fraction of sp³-hybridized carbons (Fsp3) is 0.412. The van der Waals surface area contributed by atoms with E-state index in [1.165, 1.54) is 6.07 Å². The summed E-state index contributed by atoms with van der Waals surface area (Å²) < 4.78 is 15.5. The van der Waals surface area contributed by atoms with Gasteiger partial charge in [-0.2, -0.15) is 5.10 Å². The first-order valence-electron chi connectivity index (χ1n) is 7.38. The van der Waals surface area contributed by atoms with Gasteiger partial charge in [0.15, 0.2) is 0 Å². The van der Waals surface area contributed by atoms with Crippen LogP contribution in [0.1, 0.15) is 33.3 Å². The minimum atomic E-state index is -0.820. The van der Waals surface area contributed by atoms with Crippen LogP contribution >= 0.6 is 0 Å². The highest BCUT2D eigenvalue weighted by Crippen LogP contribution is 2.21. The summed E-state index contributed by atoms with van der Waals surface area (Å²) in [5, 5.41) is 4.17. The van der Waals surface area contributed by atoms with E-state index in [1.54, 1.807) is 46.2 Å². The summed E-state index contributed by atoms with van der Waals surface area (Å²) in [6.45, 7) is 7.74. The molecule has 22 heavy (non-hydrogen) atoms. The van der Waals surface area contributed by atoms with Crippen LogP contribution in [-0.4, -0.2) is 26.6 Å². The van der Waals surface area contributed by atoms with E-state index < -0.39 is 5.54 Å². The molecule has 1 amide bonds. The smallest absolute Gasteiger partial charge is 0.250 e. The van der Waals surface area contributed by atoms with Gasteiger partial charge in [0.1, 0.15) is 11.4 Å². The van der Waals surface area contributed by atoms with E-state index in [0.717, 1.165) is 0 Å². The maximum atomic E-state index is 13.9. The van der Waals surface area contributed by atoms with Crippen LogP contribution in [0.3, 0.4) is 0 Å². The van der Waals surface area contributed by atoms with Crippen molar-refractivity contribution in [3.63, 3.8) is 0 Å². The third-order valence-corrected chi connectivity index (χ3v) is 3.78. The van der Waals surface area contributed by atoms with Gasteiger partial charge in [-0.1, -0.05) is 18.2 Å². The van der Waals surface area contributed by atoms with E-state index in [1.807, 2.05) is 27.7 Å². The summed E-state index contributed by atoms with van der Waals surface area (Å²) in [4.78, 5) is 14.6. The maximum absolute atomic E-state index is 13.9. The Balaban J connectivity index is 2.28. The largest absolute Gasteiger partial charge is 0.334 e. The van der Waals surface area contributed by atoms with E-state index >= 15 is 0 Å². The zero-order chi connectivity index (χ0) is 16.3. The summed E-state index contributed by atoms with van der Waals surface area (Å²) >= 11 is 0. The summed E-state index contributed by atoms with van der Waals surface area (Å²) in [7, 11) is 0. The third kappa shape index (κ3) is 3.18. The van der Waals surface area contributed by atoms with Crippen molar-refractivity contribution in [1.29, 1.82) is 0 Å². The number of nitrogens with zero attached hydrogens (tertiary/aromatic N) is 3. The van der Waals surface area contributed by atoms with Crippen molar-refractivity contribution < 1.29 is 9.18 Å². The predicted octanol–water partition coefficient (Wildman–Crippen LogP) is 3.19. The zero-order valence-electron chi connectivity index (χ0n) is 13.5. The molecule has 0 saturated carbocycles. The second-order valence-corrected chi connectivity index (χ2v) is 6.13. The Morgan fingerprint density at radius 3 is 2.55 bits per heavy atom. The van der Waals surface area contributed by atoms with Crippen LogP contribution in [-0.2, 0) is 16.9 Å². The Morgan fingerprint density at radius 2 is 2.00 bits per heavy atom. The summed E-state index contributed by atoms with van der Waals surface area (Å²) in [5.74, 6) is -0.382. The second-order valence-electron chi connectivity index (χ2n) is 6.13. The first-order valence-corrected chi connectivity index (χ1v) is 7.38. The van der Waals surface area contributed by atoms with Gasteiger partial charge in [-0.25, -0.2) is 4.39 Å². The topological polar surface area (TPSA) is 38.1 Å². The molecule has 2 aromatic rings. The van der Waals surface area contributed by atoms with E-state index in [2.05, 4.69) is 5.10 Å². The van der Waals surface area contributed by atoms with Crippen molar-refractivity contribution in [2.75, 3.05) is 0 Å². The molecule has 1 heterocycles. The molecular formula is C17H22FN3O. The molecule has 1 aromatic heterocycles. The molecule has 0 unspecified atom stereocenters. The number of carbonyl (C=O) groups is 1. The number of rotatable bonds is 5. The molecule has 2 rings (SSSR count). The van der Waals surface area contributed by atoms with Crippen molar-refractivity contribution in [2.45, 2.75) is 45.8 Å². The van der Waals surface area contributed by atoms with Crippen molar-refractivity contribution in [3.05, 3.63) is 54.1 Å². The Hall–Kier alpha value is -2.17. The molecule has 0 bridgehead atoms. The van der Waals surface area contributed by atoms with Crippen molar-refractivity contribution in [3.8, 4) is 0 Å². The molecule has 0 saturated heterocycles. The number of halogens is 1. The molecule has 0 atom stereocenters. The standard InChI is InChI=1S/C17H22FN3O/c1-13(2)20(12-14-8-5-6-9-15(14)18)16(22)17(3,4)21-11-7-10-19-21/h5-11,13H,12H2,1-4H3. The molecule has 1 aromatic carbocycles. The summed E-state index contributed by atoms with van der Waals surface area (Å²) in [5.41, 5.74) is -0.306. The van der Waals surface area contributed by atoms with E-state index in [-0.39, 0.29) is 24.3 Å². The molecule has 118 valence electrons. The lowest BCUT2D eigenvalue weighted by Gasteiger charge is -2.35. The molecule has 0 N–H and O–H groups in total. The van der Waals surface area contributed by atoms with E-state index in [0.29, 0.717) is 5.56 Å². The molecule has 4 nitrogen and oxygen atoms in total. The van der Waals surface area contributed by atoms with Gasteiger partial charge in [-0.15, -0.1) is 0 Å². The normalized spacial score (nSPS) is 11.7. The maximum Gasteiger partial charge on any atom is 0.250 e. The Kier molecular flexibility index (Phi) is 4.64. The quantitative estimate of drug-likeness (QED) is 0.851. The van der Waals surface area contributed by atoms with Gasteiger partial charge in [0.25, 0.3) is 5.91 Å². The molecule has 0 aliphatic carbocycles.